The van der Waals surface area contributed by atoms with Gasteiger partial charge in [0.05, 0.1) is 6.04 Å². The molecule has 1 heterocycles. The second-order valence-electron chi connectivity index (χ2n) is 3.10. The Morgan fingerprint density at radius 2 is 2.38 bits per heavy atom. The summed E-state index contributed by atoms with van der Waals surface area (Å²) in [7, 11) is 0. The van der Waals surface area contributed by atoms with E-state index in [9.17, 15) is 0 Å². The van der Waals surface area contributed by atoms with Crippen LogP contribution in [0.5, 0.6) is 0 Å². The fraction of sp³-hybridized carbons (Fsp3) is 0.400. The van der Waals surface area contributed by atoms with Crippen LogP contribution in [0.4, 0.5) is 0 Å². The van der Waals surface area contributed by atoms with Gasteiger partial charge in [-0.05, 0) is 25.5 Å². The molecule has 13 heavy (non-hydrogen) atoms. The van der Waals surface area contributed by atoms with Gasteiger partial charge in [-0.2, -0.15) is 0 Å². The smallest absolute Gasteiger partial charge is 0.0757 e. The number of nitrogens with one attached hydrogen (secondary N) is 1. The van der Waals surface area contributed by atoms with E-state index in [0.717, 1.165) is 12.0 Å². The maximum absolute atomic E-state index is 5.45. The van der Waals surface area contributed by atoms with Crippen LogP contribution < -0.4 is 11.3 Å². The number of rotatable bonds is 4. The number of hydrogen-bond donors (Lipinski definition) is 2. The molecule has 0 amide bonds. The molecule has 0 aliphatic heterocycles. The van der Waals surface area contributed by atoms with Crippen molar-refractivity contribution < 1.29 is 0 Å². The minimum absolute atomic E-state index is 0.102. The van der Waals surface area contributed by atoms with Crippen molar-refractivity contribution in [1.29, 1.82) is 0 Å². The molecule has 0 saturated heterocycles. The highest BCUT2D eigenvalue weighted by Gasteiger charge is 2.11. The molecular weight excluding hydrogens is 180 g/mol. The number of hydrazine groups is 1. The van der Waals surface area contributed by atoms with Crippen LogP contribution in [0.1, 0.15) is 29.6 Å². The minimum Gasteiger partial charge on any atom is -0.271 e. The van der Waals surface area contributed by atoms with Gasteiger partial charge in [-0.1, -0.05) is 19.1 Å². The molecule has 1 atom stereocenters. The van der Waals surface area contributed by atoms with E-state index < -0.39 is 0 Å². The zero-order valence-electron chi connectivity index (χ0n) is 8.13. The summed E-state index contributed by atoms with van der Waals surface area (Å²) >= 11 is 1.79. The normalized spacial score (nSPS) is 12.8. The second-order valence-corrected chi connectivity index (χ2v) is 4.30. The summed E-state index contributed by atoms with van der Waals surface area (Å²) in [4.78, 5) is 2.63. The summed E-state index contributed by atoms with van der Waals surface area (Å²) in [5.74, 6) is 5.45. The van der Waals surface area contributed by atoms with Crippen LogP contribution in [0.3, 0.4) is 0 Å². The summed E-state index contributed by atoms with van der Waals surface area (Å²) in [6.45, 7) is 8.04. The molecule has 2 nitrogen and oxygen atoms in total. The van der Waals surface area contributed by atoms with Gasteiger partial charge < -0.3 is 0 Å². The first-order valence-corrected chi connectivity index (χ1v) is 5.20. The largest absolute Gasteiger partial charge is 0.271 e. The van der Waals surface area contributed by atoms with Crippen LogP contribution in [0.25, 0.3) is 0 Å². The minimum atomic E-state index is 0.102. The van der Waals surface area contributed by atoms with Crippen molar-refractivity contribution in [2.24, 2.45) is 5.84 Å². The lowest BCUT2D eigenvalue weighted by Crippen LogP contribution is -2.27. The Morgan fingerprint density at radius 1 is 1.69 bits per heavy atom. The van der Waals surface area contributed by atoms with Crippen molar-refractivity contribution in [3.63, 3.8) is 0 Å². The Balaban J connectivity index is 2.85. The standard InChI is InChI=1S/C10H16N2S/c1-4-8-5-6-9(13-8)10(12-11)7(2)3/h5-6,10,12H,2,4,11H2,1,3H3. The van der Waals surface area contributed by atoms with Crippen molar-refractivity contribution >= 4 is 11.3 Å². The SMILES string of the molecule is C=C(C)C(NN)c1ccc(CC)s1. The number of thiophene rings is 1. The van der Waals surface area contributed by atoms with E-state index >= 15 is 0 Å². The summed E-state index contributed by atoms with van der Waals surface area (Å²) in [5.41, 5.74) is 3.81. The highest BCUT2D eigenvalue weighted by atomic mass is 32.1. The van der Waals surface area contributed by atoms with Crippen molar-refractivity contribution in [3.05, 3.63) is 34.0 Å². The highest BCUT2D eigenvalue weighted by molar-refractivity contribution is 7.12. The van der Waals surface area contributed by atoms with Gasteiger partial charge in [0.15, 0.2) is 0 Å². The zero-order valence-corrected chi connectivity index (χ0v) is 8.95. The van der Waals surface area contributed by atoms with E-state index in [1.807, 2.05) is 6.92 Å². The molecule has 1 aromatic heterocycles. The summed E-state index contributed by atoms with van der Waals surface area (Å²) in [6, 6.07) is 4.36. The van der Waals surface area contributed by atoms with Gasteiger partial charge in [0.1, 0.15) is 0 Å². The monoisotopic (exact) mass is 196 g/mol. The van der Waals surface area contributed by atoms with Crippen molar-refractivity contribution in [2.45, 2.75) is 26.3 Å². The predicted octanol–water partition coefficient (Wildman–Crippen LogP) is 2.39. The molecule has 0 fully saturated rings. The molecular formula is C10H16N2S. The lowest BCUT2D eigenvalue weighted by atomic mass is 10.1. The number of aryl methyl sites for hydroxylation is 1. The van der Waals surface area contributed by atoms with Crippen LogP contribution in [0, 0.1) is 0 Å². The third-order valence-corrected chi connectivity index (χ3v) is 3.27. The van der Waals surface area contributed by atoms with E-state index in [1.165, 1.54) is 9.75 Å². The average molecular weight is 196 g/mol. The van der Waals surface area contributed by atoms with E-state index in [4.69, 9.17) is 5.84 Å². The number of nitrogens with two attached hydrogens (primary N) is 1. The lowest BCUT2D eigenvalue weighted by Gasteiger charge is -2.13. The third-order valence-electron chi connectivity index (χ3n) is 1.97. The molecule has 0 saturated carbocycles. The molecule has 0 aliphatic carbocycles. The van der Waals surface area contributed by atoms with Gasteiger partial charge in [-0.25, -0.2) is 5.43 Å². The van der Waals surface area contributed by atoms with Crippen molar-refractivity contribution in [1.82, 2.24) is 5.43 Å². The molecule has 0 aliphatic rings. The fourth-order valence-corrected chi connectivity index (χ4v) is 2.31. The zero-order chi connectivity index (χ0) is 9.84. The van der Waals surface area contributed by atoms with Crippen LogP contribution in [0.2, 0.25) is 0 Å². The van der Waals surface area contributed by atoms with Gasteiger partial charge in [-0.15, -0.1) is 11.3 Å². The molecule has 72 valence electrons. The van der Waals surface area contributed by atoms with E-state index in [1.54, 1.807) is 11.3 Å². The molecule has 0 radical (unpaired) electrons. The van der Waals surface area contributed by atoms with Crippen molar-refractivity contribution in [3.8, 4) is 0 Å². The van der Waals surface area contributed by atoms with Gasteiger partial charge >= 0.3 is 0 Å². The molecule has 0 bridgehead atoms. The molecule has 0 aromatic carbocycles. The Bertz CT molecular complexity index is 291. The Kier molecular flexibility index (Phi) is 3.66. The van der Waals surface area contributed by atoms with Crippen LogP contribution in [-0.2, 0) is 6.42 Å². The van der Waals surface area contributed by atoms with E-state index in [-0.39, 0.29) is 6.04 Å². The molecule has 3 N–H and O–H groups in total. The highest BCUT2D eigenvalue weighted by Crippen LogP contribution is 2.27. The fourth-order valence-electron chi connectivity index (χ4n) is 1.21. The lowest BCUT2D eigenvalue weighted by molar-refractivity contribution is 0.637. The Hall–Kier alpha value is -0.640. The Morgan fingerprint density at radius 3 is 2.77 bits per heavy atom. The van der Waals surface area contributed by atoms with Crippen LogP contribution >= 0.6 is 11.3 Å². The molecule has 1 aromatic rings. The summed E-state index contributed by atoms with van der Waals surface area (Å²) in [5, 5.41) is 0. The molecule has 3 heteroatoms. The first-order chi connectivity index (χ1) is 6.19. The molecule has 1 unspecified atom stereocenters. The van der Waals surface area contributed by atoms with Crippen LogP contribution in [0.15, 0.2) is 24.3 Å². The average Bonchev–Trinajstić information content (AvgIpc) is 2.53. The maximum atomic E-state index is 5.45. The predicted molar refractivity (Wildman–Crippen MR) is 58.6 cm³/mol. The van der Waals surface area contributed by atoms with E-state index in [2.05, 4.69) is 31.1 Å². The van der Waals surface area contributed by atoms with Gasteiger partial charge in [0.25, 0.3) is 0 Å². The van der Waals surface area contributed by atoms with Crippen LogP contribution in [-0.4, -0.2) is 0 Å². The van der Waals surface area contributed by atoms with Gasteiger partial charge in [0, 0.05) is 9.75 Å². The maximum Gasteiger partial charge on any atom is 0.0757 e. The first-order valence-electron chi connectivity index (χ1n) is 4.39. The van der Waals surface area contributed by atoms with Gasteiger partial charge in [-0.3, -0.25) is 5.84 Å². The van der Waals surface area contributed by atoms with Crippen molar-refractivity contribution in [2.75, 3.05) is 0 Å². The molecule has 1 rings (SSSR count). The van der Waals surface area contributed by atoms with E-state index in [0.29, 0.717) is 0 Å². The quantitative estimate of drug-likeness (QED) is 0.441. The number of hydrogen-bond acceptors (Lipinski definition) is 3. The second kappa shape index (κ2) is 4.56. The Labute approximate surface area is 83.4 Å². The summed E-state index contributed by atoms with van der Waals surface area (Å²) < 4.78 is 0. The first kappa shape index (κ1) is 10.4. The third kappa shape index (κ3) is 2.40. The van der Waals surface area contributed by atoms with Gasteiger partial charge in [0.2, 0.25) is 0 Å². The molecule has 0 spiro atoms. The topological polar surface area (TPSA) is 38.0 Å². The summed E-state index contributed by atoms with van der Waals surface area (Å²) in [6.07, 6.45) is 1.08.